The highest BCUT2D eigenvalue weighted by Crippen LogP contribution is 2.44. The van der Waals surface area contributed by atoms with Gasteiger partial charge in [0.1, 0.15) is 0 Å². The molecule has 0 heterocycles. The molecule has 0 spiro atoms. The number of aromatic hydroxyl groups is 1. The molecule has 0 saturated heterocycles. The second-order valence-electron chi connectivity index (χ2n) is 6.18. The minimum atomic E-state index is -0.779. The fourth-order valence-corrected chi connectivity index (χ4v) is 3.47. The number of phenolic OH excluding ortho intramolecular Hbond substituents is 1. The third-order valence-corrected chi connectivity index (χ3v) is 4.93. The molecule has 0 aromatic heterocycles. The third-order valence-electron chi connectivity index (χ3n) is 4.93. The van der Waals surface area contributed by atoms with Crippen LogP contribution in [0.4, 0.5) is 4.79 Å². The van der Waals surface area contributed by atoms with Gasteiger partial charge in [-0.3, -0.25) is 0 Å². The fourth-order valence-electron chi connectivity index (χ4n) is 3.47. The first-order valence-electron chi connectivity index (χ1n) is 8.18. The number of aryl methyl sites for hydroxylation is 1. The van der Waals surface area contributed by atoms with E-state index in [4.69, 9.17) is 9.47 Å². The normalized spacial score (nSPS) is 21.8. The van der Waals surface area contributed by atoms with Crippen LogP contribution in [0, 0.1) is 11.8 Å². The zero-order chi connectivity index (χ0) is 16.3. The quantitative estimate of drug-likeness (QED) is 0.650. The van der Waals surface area contributed by atoms with Gasteiger partial charge in [0, 0.05) is 0 Å². The van der Waals surface area contributed by atoms with Gasteiger partial charge in [-0.15, -0.1) is 0 Å². The summed E-state index contributed by atoms with van der Waals surface area (Å²) in [5.41, 5.74) is 2.33. The van der Waals surface area contributed by atoms with Crippen LogP contribution in [0.5, 0.6) is 11.5 Å². The number of ether oxygens (including phenoxy) is 2. The van der Waals surface area contributed by atoms with Crippen molar-refractivity contribution in [1.29, 1.82) is 0 Å². The molecule has 0 amide bonds. The summed E-state index contributed by atoms with van der Waals surface area (Å²) in [5, 5.41) is 10.2. The lowest BCUT2D eigenvalue weighted by molar-refractivity contribution is 0.103. The van der Waals surface area contributed by atoms with Crippen LogP contribution < -0.4 is 4.74 Å². The molecule has 2 rings (SSSR count). The smallest absolute Gasteiger partial charge is 0.504 e. The molecule has 1 aliphatic rings. The van der Waals surface area contributed by atoms with Gasteiger partial charge in [0.15, 0.2) is 11.5 Å². The molecule has 4 nitrogen and oxygen atoms in total. The number of carbonyl (C=O) groups is 1. The molecule has 1 unspecified atom stereocenters. The zero-order valence-electron chi connectivity index (χ0n) is 13.9. The van der Waals surface area contributed by atoms with Crippen LogP contribution in [-0.2, 0) is 11.2 Å². The molecule has 0 radical (unpaired) electrons. The van der Waals surface area contributed by atoms with Crippen LogP contribution in [0.1, 0.15) is 57.6 Å². The Morgan fingerprint density at radius 1 is 1.41 bits per heavy atom. The van der Waals surface area contributed by atoms with Crippen LogP contribution in [-0.4, -0.2) is 17.9 Å². The Labute approximate surface area is 132 Å². The van der Waals surface area contributed by atoms with Crippen molar-refractivity contribution in [2.24, 2.45) is 11.8 Å². The molecule has 0 bridgehead atoms. The van der Waals surface area contributed by atoms with Crippen LogP contribution in [0.3, 0.4) is 0 Å². The van der Waals surface area contributed by atoms with E-state index < -0.39 is 6.16 Å². The molecule has 4 heteroatoms. The van der Waals surface area contributed by atoms with Gasteiger partial charge in [0.05, 0.1) is 6.61 Å². The highest BCUT2D eigenvalue weighted by atomic mass is 16.7. The van der Waals surface area contributed by atoms with Gasteiger partial charge in [-0.25, -0.2) is 4.79 Å². The number of rotatable bonds is 4. The van der Waals surface area contributed by atoms with Crippen molar-refractivity contribution in [2.75, 3.05) is 6.61 Å². The van der Waals surface area contributed by atoms with Gasteiger partial charge >= 0.3 is 6.16 Å². The number of phenols is 1. The minimum absolute atomic E-state index is 0.00320. The third kappa shape index (κ3) is 3.37. The molecular weight excluding hydrogens is 280 g/mol. The number of carbonyl (C=O) groups excluding carboxylic acids is 1. The van der Waals surface area contributed by atoms with Crippen molar-refractivity contribution >= 4 is 6.16 Å². The maximum atomic E-state index is 11.4. The van der Waals surface area contributed by atoms with Crippen molar-refractivity contribution in [3.05, 3.63) is 23.3 Å². The Bertz CT molecular complexity index is 538. The molecule has 1 N–H and O–H groups in total. The lowest BCUT2D eigenvalue weighted by Gasteiger charge is -2.35. The monoisotopic (exact) mass is 306 g/mol. The van der Waals surface area contributed by atoms with Crippen LogP contribution >= 0.6 is 0 Å². The van der Waals surface area contributed by atoms with E-state index >= 15 is 0 Å². The van der Waals surface area contributed by atoms with E-state index in [1.54, 1.807) is 19.1 Å². The van der Waals surface area contributed by atoms with Gasteiger partial charge in [-0.1, -0.05) is 27.2 Å². The predicted octanol–water partition coefficient (Wildman–Crippen LogP) is 4.64. The molecule has 1 aromatic carbocycles. The van der Waals surface area contributed by atoms with E-state index in [2.05, 4.69) is 20.8 Å². The summed E-state index contributed by atoms with van der Waals surface area (Å²) in [7, 11) is 0. The second kappa shape index (κ2) is 7.03. The fraction of sp³-hybridized carbons (Fsp3) is 0.611. The van der Waals surface area contributed by atoms with Crippen molar-refractivity contribution < 1.29 is 19.4 Å². The maximum absolute atomic E-state index is 11.4. The number of hydrogen-bond donors (Lipinski definition) is 1. The highest BCUT2D eigenvalue weighted by Gasteiger charge is 2.30. The Hall–Kier alpha value is -1.71. The standard InChI is InChI=1S/C18H26O4/c1-5-11(3)14-8-7-13-9-17(22-18(20)21-6-2)16(19)10-15(13)12(14)4/h9-12,14,19H,5-8H2,1-4H3/t11-,12-,14?/m0/s1. The summed E-state index contributed by atoms with van der Waals surface area (Å²) >= 11 is 0. The molecule has 0 saturated carbocycles. The van der Waals surface area contributed by atoms with Gasteiger partial charge in [-0.05, 0) is 60.8 Å². The molecular formula is C18H26O4. The summed E-state index contributed by atoms with van der Waals surface area (Å²) in [6, 6.07) is 3.54. The average molecular weight is 306 g/mol. The molecule has 22 heavy (non-hydrogen) atoms. The lowest BCUT2D eigenvalue weighted by Crippen LogP contribution is -2.24. The minimum Gasteiger partial charge on any atom is -0.504 e. The van der Waals surface area contributed by atoms with Gasteiger partial charge in [0.25, 0.3) is 0 Å². The lowest BCUT2D eigenvalue weighted by atomic mass is 9.70. The maximum Gasteiger partial charge on any atom is 0.513 e. The molecule has 1 aromatic rings. The molecule has 0 fully saturated rings. The van der Waals surface area contributed by atoms with Gasteiger partial charge in [0.2, 0.25) is 0 Å². The Kier molecular flexibility index (Phi) is 5.33. The Balaban J connectivity index is 2.24. The first-order valence-corrected chi connectivity index (χ1v) is 8.18. The van der Waals surface area contributed by atoms with E-state index in [0.29, 0.717) is 17.8 Å². The predicted molar refractivity (Wildman–Crippen MR) is 85.4 cm³/mol. The number of benzene rings is 1. The van der Waals surface area contributed by atoms with E-state index in [-0.39, 0.29) is 18.1 Å². The van der Waals surface area contributed by atoms with E-state index in [9.17, 15) is 9.90 Å². The largest absolute Gasteiger partial charge is 0.513 e. The molecule has 1 aliphatic carbocycles. The topological polar surface area (TPSA) is 55.8 Å². The SMILES string of the molecule is CCOC(=O)Oc1cc2c(cc1O)[C@@H](C)C([C@@H](C)CC)CC2. The number of hydrogen-bond acceptors (Lipinski definition) is 4. The van der Waals surface area contributed by atoms with Crippen molar-refractivity contribution in [3.63, 3.8) is 0 Å². The van der Waals surface area contributed by atoms with Crippen molar-refractivity contribution in [3.8, 4) is 11.5 Å². The van der Waals surface area contributed by atoms with Crippen molar-refractivity contribution in [2.45, 2.75) is 52.9 Å². The van der Waals surface area contributed by atoms with Crippen molar-refractivity contribution in [1.82, 2.24) is 0 Å². The highest BCUT2D eigenvalue weighted by molar-refractivity contribution is 5.66. The Morgan fingerprint density at radius 3 is 2.77 bits per heavy atom. The van der Waals surface area contributed by atoms with E-state index in [1.807, 2.05) is 0 Å². The van der Waals surface area contributed by atoms with Crippen LogP contribution in [0.15, 0.2) is 12.1 Å². The van der Waals surface area contributed by atoms with Crippen LogP contribution in [0.2, 0.25) is 0 Å². The summed E-state index contributed by atoms with van der Waals surface area (Å²) in [5.74, 6) is 1.89. The first-order chi connectivity index (χ1) is 10.5. The Morgan fingerprint density at radius 2 is 2.14 bits per heavy atom. The summed E-state index contributed by atoms with van der Waals surface area (Å²) in [4.78, 5) is 11.4. The zero-order valence-corrected chi connectivity index (χ0v) is 13.9. The molecule has 3 atom stereocenters. The first kappa shape index (κ1) is 16.7. The summed E-state index contributed by atoms with van der Waals surface area (Å²) < 4.78 is 9.83. The van der Waals surface area contributed by atoms with E-state index in [0.717, 1.165) is 18.4 Å². The molecule has 0 aliphatic heterocycles. The second-order valence-corrected chi connectivity index (χ2v) is 6.18. The van der Waals surface area contributed by atoms with Gasteiger partial charge in [-0.2, -0.15) is 0 Å². The average Bonchev–Trinajstić information content (AvgIpc) is 2.49. The number of fused-ring (bicyclic) bond motifs is 1. The van der Waals surface area contributed by atoms with Gasteiger partial charge < -0.3 is 14.6 Å². The summed E-state index contributed by atoms with van der Waals surface area (Å²) in [6.45, 7) is 8.70. The van der Waals surface area contributed by atoms with E-state index in [1.165, 1.54) is 12.0 Å². The summed E-state index contributed by atoms with van der Waals surface area (Å²) in [6.07, 6.45) is 2.47. The van der Waals surface area contributed by atoms with Crippen LogP contribution in [0.25, 0.3) is 0 Å². The molecule has 122 valence electrons.